The highest BCUT2D eigenvalue weighted by Gasteiger charge is 2.16. The van der Waals surface area contributed by atoms with Gasteiger partial charge in [0.2, 0.25) is 0 Å². The molecule has 0 saturated heterocycles. The van der Waals surface area contributed by atoms with Gasteiger partial charge in [0.15, 0.2) is 0 Å². The Hall–Kier alpha value is -6.20. The summed E-state index contributed by atoms with van der Waals surface area (Å²) in [6.45, 7) is 0. The van der Waals surface area contributed by atoms with Crippen LogP contribution in [0.5, 0.6) is 0 Å². The molecule has 0 bridgehead atoms. The number of nitrogens with zero attached hydrogens (tertiary/aromatic N) is 3. The second kappa shape index (κ2) is 9.15. The van der Waals surface area contributed by atoms with E-state index in [0.29, 0.717) is 0 Å². The predicted molar refractivity (Wildman–Crippen MR) is 182 cm³/mol. The van der Waals surface area contributed by atoms with Crippen LogP contribution in [0.25, 0.3) is 93.6 Å². The van der Waals surface area contributed by atoms with E-state index in [4.69, 9.17) is 8.83 Å². The van der Waals surface area contributed by atoms with E-state index < -0.39 is 0 Å². The first-order valence-corrected chi connectivity index (χ1v) is 15.0. The van der Waals surface area contributed by atoms with Crippen molar-refractivity contribution in [2.24, 2.45) is 0 Å². The number of aromatic nitrogens is 3. The van der Waals surface area contributed by atoms with E-state index in [1.165, 1.54) is 0 Å². The summed E-state index contributed by atoms with van der Waals surface area (Å²) in [5.41, 5.74) is 11.3. The molecule has 0 aliphatic heterocycles. The van der Waals surface area contributed by atoms with Crippen LogP contribution in [0.2, 0.25) is 0 Å². The van der Waals surface area contributed by atoms with Gasteiger partial charge in [0.25, 0.3) is 0 Å². The normalized spacial score (nSPS) is 12.0. The lowest BCUT2D eigenvalue weighted by atomic mass is 9.96. The fourth-order valence-corrected chi connectivity index (χ4v) is 6.87. The number of rotatable bonds is 3. The van der Waals surface area contributed by atoms with Crippen molar-refractivity contribution < 1.29 is 8.83 Å². The molecule has 0 atom stereocenters. The first kappa shape index (κ1) is 24.3. The Kier molecular flexibility index (Phi) is 4.93. The molecule has 10 aromatic rings. The minimum Gasteiger partial charge on any atom is -0.456 e. The molecular formula is C40H23N3O2. The Balaban J connectivity index is 1.26. The van der Waals surface area contributed by atoms with Crippen LogP contribution in [0.1, 0.15) is 0 Å². The van der Waals surface area contributed by atoms with Crippen LogP contribution in [0.4, 0.5) is 0 Å². The fraction of sp³-hybridized carbons (Fsp3) is 0. The van der Waals surface area contributed by atoms with E-state index in [1.54, 1.807) is 0 Å². The second-order valence-electron chi connectivity index (χ2n) is 11.5. The molecular weight excluding hydrogens is 554 g/mol. The van der Waals surface area contributed by atoms with Crippen LogP contribution in [0.3, 0.4) is 0 Å². The number of furan rings is 2. The number of fused-ring (bicyclic) bond motifs is 9. The highest BCUT2D eigenvalue weighted by atomic mass is 16.3. The van der Waals surface area contributed by atoms with Crippen molar-refractivity contribution in [2.45, 2.75) is 0 Å². The third-order valence-electron chi connectivity index (χ3n) is 8.96. The van der Waals surface area contributed by atoms with Crippen LogP contribution < -0.4 is 0 Å². The summed E-state index contributed by atoms with van der Waals surface area (Å²) in [5.74, 6) is 0. The molecule has 0 N–H and O–H groups in total. The summed E-state index contributed by atoms with van der Waals surface area (Å²) in [5, 5.41) is 6.59. The Morgan fingerprint density at radius 1 is 0.400 bits per heavy atom. The van der Waals surface area contributed by atoms with Crippen molar-refractivity contribution in [3.8, 4) is 27.9 Å². The molecule has 5 aromatic carbocycles. The van der Waals surface area contributed by atoms with Crippen molar-refractivity contribution in [3.63, 3.8) is 0 Å². The molecule has 0 aliphatic rings. The third kappa shape index (κ3) is 3.61. The smallest absolute Gasteiger partial charge is 0.135 e. The molecule has 0 saturated carbocycles. The number of para-hydroxylation sites is 2. The number of pyridine rings is 2. The maximum atomic E-state index is 6.16. The molecule has 5 heterocycles. The average molecular weight is 578 g/mol. The van der Waals surface area contributed by atoms with Gasteiger partial charge in [-0.25, -0.2) is 0 Å². The largest absolute Gasteiger partial charge is 0.456 e. The molecule has 5 heteroatoms. The highest BCUT2D eigenvalue weighted by molar-refractivity contribution is 6.10. The first-order chi connectivity index (χ1) is 22.3. The SMILES string of the molecule is c1ccc2c(c1)oc1ccc(-c3cc(-c4ccc5oc6ccccc6c5c4)cc(-n4c5ccncc5c5cnccc54)c3)cc12. The zero-order chi connectivity index (χ0) is 29.5. The van der Waals surface area contributed by atoms with Gasteiger partial charge in [0.05, 0.1) is 11.0 Å². The standard InChI is InChI=1S/C40H23N3O2/c1-3-7-37-29(5-1)31-20-24(9-11-39(31)44-37)26-17-27(25-10-12-40-32(21-25)30-6-2-4-8-38(30)45-40)19-28(18-26)43-35-13-15-41-22-33(35)34-23-42-16-14-36(34)43/h1-23H. The van der Waals surface area contributed by atoms with Gasteiger partial charge in [0, 0.05) is 62.8 Å². The van der Waals surface area contributed by atoms with Crippen LogP contribution >= 0.6 is 0 Å². The van der Waals surface area contributed by atoms with E-state index in [0.717, 1.165) is 93.6 Å². The highest BCUT2D eigenvalue weighted by Crippen LogP contribution is 2.39. The van der Waals surface area contributed by atoms with Gasteiger partial charge in [0.1, 0.15) is 22.3 Å². The summed E-state index contributed by atoms with van der Waals surface area (Å²) >= 11 is 0. The summed E-state index contributed by atoms with van der Waals surface area (Å²) < 4.78 is 14.6. The van der Waals surface area contributed by atoms with E-state index in [9.17, 15) is 0 Å². The number of benzene rings is 5. The van der Waals surface area contributed by atoms with Gasteiger partial charge in [-0.15, -0.1) is 0 Å². The lowest BCUT2D eigenvalue weighted by Gasteiger charge is -2.14. The molecule has 0 amide bonds. The molecule has 0 spiro atoms. The molecule has 5 nitrogen and oxygen atoms in total. The first-order valence-electron chi connectivity index (χ1n) is 15.0. The van der Waals surface area contributed by atoms with Gasteiger partial charge in [-0.2, -0.15) is 0 Å². The zero-order valence-electron chi connectivity index (χ0n) is 23.9. The van der Waals surface area contributed by atoms with Gasteiger partial charge in [-0.1, -0.05) is 48.5 Å². The van der Waals surface area contributed by atoms with Crippen LogP contribution in [-0.4, -0.2) is 14.5 Å². The average Bonchev–Trinajstić information content (AvgIpc) is 3.77. The summed E-state index contributed by atoms with van der Waals surface area (Å²) in [6, 6.07) is 40.4. The molecule has 0 unspecified atom stereocenters. The topological polar surface area (TPSA) is 57.0 Å². The van der Waals surface area contributed by atoms with E-state index in [2.05, 4.69) is 106 Å². The fourth-order valence-electron chi connectivity index (χ4n) is 6.87. The molecule has 0 aliphatic carbocycles. The lowest BCUT2D eigenvalue weighted by Crippen LogP contribution is -1.96. The Morgan fingerprint density at radius 2 is 0.889 bits per heavy atom. The molecule has 10 rings (SSSR count). The third-order valence-corrected chi connectivity index (χ3v) is 8.96. The summed E-state index contributed by atoms with van der Waals surface area (Å²) in [7, 11) is 0. The lowest BCUT2D eigenvalue weighted by molar-refractivity contribution is 0.668. The predicted octanol–water partition coefficient (Wildman–Crippen LogP) is 10.7. The van der Waals surface area contributed by atoms with Crippen molar-refractivity contribution in [1.82, 2.24) is 14.5 Å². The zero-order valence-corrected chi connectivity index (χ0v) is 23.9. The van der Waals surface area contributed by atoms with Crippen molar-refractivity contribution in [1.29, 1.82) is 0 Å². The quantitative estimate of drug-likeness (QED) is 0.210. The van der Waals surface area contributed by atoms with E-state index in [1.807, 2.05) is 49.1 Å². The van der Waals surface area contributed by atoms with E-state index in [-0.39, 0.29) is 0 Å². The monoisotopic (exact) mass is 577 g/mol. The summed E-state index contributed by atoms with van der Waals surface area (Å²) in [6.07, 6.45) is 7.56. The van der Waals surface area contributed by atoms with Crippen LogP contribution in [0, 0.1) is 0 Å². The van der Waals surface area contributed by atoms with Gasteiger partial charge in [-0.3, -0.25) is 9.97 Å². The minimum absolute atomic E-state index is 0.885. The number of hydrogen-bond donors (Lipinski definition) is 0. The minimum atomic E-state index is 0.885. The Morgan fingerprint density at radius 3 is 1.42 bits per heavy atom. The van der Waals surface area contributed by atoms with Crippen molar-refractivity contribution >= 4 is 65.7 Å². The molecule has 210 valence electrons. The summed E-state index contributed by atoms with van der Waals surface area (Å²) in [4.78, 5) is 8.88. The maximum absolute atomic E-state index is 6.16. The van der Waals surface area contributed by atoms with Gasteiger partial charge < -0.3 is 13.4 Å². The molecule has 5 aromatic heterocycles. The molecule has 0 radical (unpaired) electrons. The van der Waals surface area contributed by atoms with Gasteiger partial charge >= 0.3 is 0 Å². The van der Waals surface area contributed by atoms with Crippen molar-refractivity contribution in [3.05, 3.63) is 140 Å². The maximum Gasteiger partial charge on any atom is 0.135 e. The van der Waals surface area contributed by atoms with E-state index >= 15 is 0 Å². The van der Waals surface area contributed by atoms with Gasteiger partial charge in [-0.05, 0) is 89.0 Å². The Labute approximate surface area is 256 Å². The van der Waals surface area contributed by atoms with Crippen molar-refractivity contribution in [2.75, 3.05) is 0 Å². The Bertz CT molecular complexity index is 2600. The van der Waals surface area contributed by atoms with Crippen LogP contribution in [-0.2, 0) is 0 Å². The molecule has 45 heavy (non-hydrogen) atoms. The van der Waals surface area contributed by atoms with Crippen LogP contribution in [0.15, 0.2) is 149 Å². The second-order valence-corrected chi connectivity index (χ2v) is 11.5. The number of hydrogen-bond acceptors (Lipinski definition) is 4. The molecule has 0 fully saturated rings.